The summed E-state index contributed by atoms with van der Waals surface area (Å²) in [6, 6.07) is 11.2. The van der Waals surface area contributed by atoms with Gasteiger partial charge in [0, 0.05) is 6.07 Å². The van der Waals surface area contributed by atoms with Crippen LogP contribution in [0.3, 0.4) is 0 Å². The third-order valence-electron chi connectivity index (χ3n) is 2.77. The van der Waals surface area contributed by atoms with Crippen molar-refractivity contribution < 1.29 is 38.1 Å². The van der Waals surface area contributed by atoms with Crippen LogP contribution in [0.5, 0.6) is 5.75 Å². The molecule has 0 atom stereocenters. The van der Waals surface area contributed by atoms with Gasteiger partial charge in [-0.05, 0) is 29.8 Å². The molecular formula is C16H16INO2. The molecule has 0 amide bonds. The Labute approximate surface area is 135 Å². The lowest BCUT2D eigenvalue weighted by molar-refractivity contribution is -0.671. The normalized spacial score (nSPS) is 10.1. The van der Waals surface area contributed by atoms with Gasteiger partial charge in [0.05, 0.1) is 12.7 Å². The lowest BCUT2D eigenvalue weighted by atomic mass is 10.1. The lowest BCUT2D eigenvalue weighted by Crippen LogP contribution is -3.00. The minimum absolute atomic E-state index is 0. The maximum atomic E-state index is 12.0. The van der Waals surface area contributed by atoms with E-state index < -0.39 is 0 Å². The van der Waals surface area contributed by atoms with Gasteiger partial charge in [-0.3, -0.25) is 4.79 Å². The predicted octanol–water partition coefficient (Wildman–Crippen LogP) is -0.580. The predicted molar refractivity (Wildman–Crippen MR) is 74.0 cm³/mol. The fraction of sp³-hybridized carbons (Fsp3) is 0.125. The molecular weight excluding hydrogens is 365 g/mol. The number of nitrogens with zero attached hydrogens (tertiary/aromatic N) is 1. The third-order valence-corrected chi connectivity index (χ3v) is 2.77. The van der Waals surface area contributed by atoms with Crippen LogP contribution in [0.2, 0.25) is 0 Å². The van der Waals surface area contributed by atoms with E-state index in [4.69, 9.17) is 4.74 Å². The van der Waals surface area contributed by atoms with E-state index in [0.29, 0.717) is 5.56 Å². The lowest BCUT2D eigenvalue weighted by Gasteiger charge is -1.99. The molecule has 0 fully saturated rings. The van der Waals surface area contributed by atoms with Crippen LogP contribution in [-0.2, 0) is 7.05 Å². The van der Waals surface area contributed by atoms with Crippen molar-refractivity contribution in [2.75, 3.05) is 7.11 Å². The van der Waals surface area contributed by atoms with Crippen LogP contribution in [-0.4, -0.2) is 12.9 Å². The summed E-state index contributed by atoms with van der Waals surface area (Å²) in [6.07, 6.45) is 7.08. The molecule has 0 N–H and O–H groups in total. The molecule has 1 heterocycles. The van der Waals surface area contributed by atoms with Crippen LogP contribution in [0.1, 0.15) is 15.9 Å². The Balaban J connectivity index is 0.00000200. The molecule has 20 heavy (non-hydrogen) atoms. The smallest absolute Gasteiger partial charge is 0.191 e. The van der Waals surface area contributed by atoms with Crippen molar-refractivity contribution in [2.45, 2.75) is 0 Å². The van der Waals surface area contributed by atoms with Gasteiger partial charge < -0.3 is 28.7 Å². The summed E-state index contributed by atoms with van der Waals surface area (Å²) in [5.74, 6) is 0.797. The number of aromatic nitrogens is 1. The molecule has 0 aliphatic carbocycles. The van der Waals surface area contributed by atoms with Gasteiger partial charge in [0.15, 0.2) is 18.2 Å². The van der Waals surface area contributed by atoms with Gasteiger partial charge in [-0.2, -0.15) is 0 Å². The van der Waals surface area contributed by atoms with E-state index in [1.165, 1.54) is 0 Å². The van der Waals surface area contributed by atoms with Gasteiger partial charge in [0.25, 0.3) is 0 Å². The molecule has 1 aromatic carbocycles. The number of rotatable bonds is 4. The molecule has 0 spiro atoms. The molecule has 0 radical (unpaired) electrons. The van der Waals surface area contributed by atoms with Crippen molar-refractivity contribution in [2.24, 2.45) is 7.05 Å². The maximum Gasteiger partial charge on any atom is 0.191 e. The van der Waals surface area contributed by atoms with Crippen molar-refractivity contribution in [3.8, 4) is 5.75 Å². The number of methoxy groups -OCH3 is 1. The van der Waals surface area contributed by atoms with Crippen LogP contribution >= 0.6 is 0 Å². The van der Waals surface area contributed by atoms with Gasteiger partial charge in [-0.25, -0.2) is 4.57 Å². The van der Waals surface area contributed by atoms with E-state index in [9.17, 15) is 4.79 Å². The number of aryl methyl sites for hydroxylation is 1. The molecule has 0 bridgehead atoms. The first-order valence-corrected chi connectivity index (χ1v) is 6.01. The average molecular weight is 381 g/mol. The number of ketones is 1. The Hall–Kier alpha value is -1.69. The van der Waals surface area contributed by atoms with Crippen LogP contribution in [0.15, 0.2) is 54.9 Å². The number of benzene rings is 1. The number of carbonyl (C=O) groups excluding carboxylic acids is 1. The van der Waals surface area contributed by atoms with E-state index >= 15 is 0 Å². The van der Waals surface area contributed by atoms with Gasteiger partial charge >= 0.3 is 0 Å². The van der Waals surface area contributed by atoms with Gasteiger partial charge in [0.1, 0.15) is 12.8 Å². The number of hydrogen-bond donors (Lipinski definition) is 0. The summed E-state index contributed by atoms with van der Waals surface area (Å²) in [5.41, 5.74) is 1.64. The summed E-state index contributed by atoms with van der Waals surface area (Å²) in [4.78, 5) is 12.0. The van der Waals surface area contributed by atoms with E-state index in [0.717, 1.165) is 11.3 Å². The van der Waals surface area contributed by atoms with Gasteiger partial charge in [-0.15, -0.1) is 0 Å². The van der Waals surface area contributed by atoms with Crippen LogP contribution in [0.25, 0.3) is 6.08 Å². The fourth-order valence-electron chi connectivity index (χ4n) is 1.72. The number of carbonyl (C=O) groups is 1. The summed E-state index contributed by atoms with van der Waals surface area (Å²) < 4.78 is 6.94. The molecule has 104 valence electrons. The van der Waals surface area contributed by atoms with E-state index in [2.05, 4.69) is 0 Å². The Morgan fingerprint density at radius 2 is 1.90 bits per heavy atom. The number of halogens is 1. The minimum atomic E-state index is -0.00739. The SMILES string of the molecule is COc1ccc(C=CC(=O)c2ccc[n+](C)c2)cc1.[I-]. The Morgan fingerprint density at radius 3 is 2.50 bits per heavy atom. The summed E-state index contributed by atoms with van der Waals surface area (Å²) >= 11 is 0. The third kappa shape index (κ3) is 4.45. The zero-order chi connectivity index (χ0) is 13.7. The first kappa shape index (κ1) is 16.4. The minimum Gasteiger partial charge on any atom is -1.00 e. The summed E-state index contributed by atoms with van der Waals surface area (Å²) in [5, 5.41) is 0. The van der Waals surface area contributed by atoms with Crippen LogP contribution in [0, 0.1) is 0 Å². The van der Waals surface area contributed by atoms with E-state index in [-0.39, 0.29) is 29.8 Å². The monoisotopic (exact) mass is 381 g/mol. The zero-order valence-corrected chi connectivity index (χ0v) is 13.6. The second-order valence-electron chi connectivity index (χ2n) is 4.23. The Kier molecular flexibility index (Phi) is 6.38. The highest BCUT2D eigenvalue weighted by atomic mass is 127. The number of pyridine rings is 1. The molecule has 4 heteroatoms. The molecule has 0 aliphatic rings. The highest BCUT2D eigenvalue weighted by molar-refractivity contribution is 6.06. The highest BCUT2D eigenvalue weighted by Crippen LogP contribution is 2.12. The van der Waals surface area contributed by atoms with Crippen molar-refractivity contribution in [3.05, 3.63) is 66.0 Å². The first-order valence-electron chi connectivity index (χ1n) is 6.01. The average Bonchev–Trinajstić information content (AvgIpc) is 2.45. The number of hydrogen-bond acceptors (Lipinski definition) is 2. The molecule has 2 rings (SSSR count). The first-order chi connectivity index (χ1) is 9.19. The topological polar surface area (TPSA) is 30.2 Å². The number of ether oxygens (including phenoxy) is 1. The maximum absolute atomic E-state index is 12.0. The second kappa shape index (κ2) is 7.79. The van der Waals surface area contributed by atoms with E-state index in [1.807, 2.05) is 48.1 Å². The Morgan fingerprint density at radius 1 is 1.20 bits per heavy atom. The zero-order valence-electron chi connectivity index (χ0n) is 11.4. The van der Waals surface area contributed by atoms with Gasteiger partial charge in [-0.1, -0.05) is 18.2 Å². The van der Waals surface area contributed by atoms with Gasteiger partial charge in [0.2, 0.25) is 0 Å². The molecule has 0 aliphatic heterocycles. The second-order valence-corrected chi connectivity index (χ2v) is 4.23. The summed E-state index contributed by atoms with van der Waals surface area (Å²) in [7, 11) is 3.52. The molecule has 0 unspecified atom stereocenters. The summed E-state index contributed by atoms with van der Waals surface area (Å²) in [6.45, 7) is 0. The quantitative estimate of drug-likeness (QED) is 0.307. The Bertz CT molecular complexity index is 606. The van der Waals surface area contributed by atoms with Crippen molar-refractivity contribution >= 4 is 11.9 Å². The number of allylic oxidation sites excluding steroid dienone is 1. The highest BCUT2D eigenvalue weighted by Gasteiger charge is 2.05. The van der Waals surface area contributed by atoms with Crippen LogP contribution in [0.4, 0.5) is 0 Å². The van der Waals surface area contributed by atoms with Crippen molar-refractivity contribution in [1.29, 1.82) is 0 Å². The standard InChI is InChI=1S/C16H16NO2.HI/c1-17-11-3-4-14(12-17)16(18)10-7-13-5-8-15(19-2)9-6-13;/h3-12H,1-2H3;1H/q+1;/p-1. The molecule has 1 aromatic heterocycles. The molecule has 0 saturated heterocycles. The van der Waals surface area contributed by atoms with E-state index in [1.54, 1.807) is 31.5 Å². The van der Waals surface area contributed by atoms with Crippen LogP contribution < -0.4 is 33.3 Å². The van der Waals surface area contributed by atoms with Crippen molar-refractivity contribution in [3.63, 3.8) is 0 Å². The molecule has 3 nitrogen and oxygen atoms in total. The largest absolute Gasteiger partial charge is 1.00 e. The molecule has 0 saturated carbocycles. The van der Waals surface area contributed by atoms with Crippen molar-refractivity contribution in [1.82, 2.24) is 0 Å². The molecule has 2 aromatic rings. The fourth-order valence-corrected chi connectivity index (χ4v) is 1.72.